The Labute approximate surface area is 165 Å². The van der Waals surface area contributed by atoms with Gasteiger partial charge in [-0.1, -0.05) is 38.1 Å². The van der Waals surface area contributed by atoms with Gasteiger partial charge in [-0.15, -0.1) is 0 Å². The lowest BCUT2D eigenvalue weighted by atomic mass is 10.0. The highest BCUT2D eigenvalue weighted by Crippen LogP contribution is 2.17. The van der Waals surface area contributed by atoms with Gasteiger partial charge in [0.2, 0.25) is 0 Å². The van der Waals surface area contributed by atoms with Crippen molar-refractivity contribution in [2.75, 3.05) is 11.6 Å². The summed E-state index contributed by atoms with van der Waals surface area (Å²) < 4.78 is 22.6. The van der Waals surface area contributed by atoms with Gasteiger partial charge in [-0.25, -0.2) is 8.42 Å². The fourth-order valence-electron chi connectivity index (χ4n) is 2.35. The number of hydrazine groups is 1. The van der Waals surface area contributed by atoms with Crippen LogP contribution in [0, 0.1) is 0 Å². The van der Waals surface area contributed by atoms with Crippen molar-refractivity contribution in [3.63, 3.8) is 0 Å². The fourth-order valence-corrected chi connectivity index (χ4v) is 3.32. The van der Waals surface area contributed by atoms with Crippen LogP contribution in [-0.2, 0) is 15.6 Å². The predicted octanol–water partition coefficient (Wildman–Crippen LogP) is 2.99. The SMILES string of the molecule is CC(C)c1ccc(NC(=S)NNC(=O)c2ccc(CS(C)(=O)=O)cc2)cc1. The number of sulfone groups is 1. The molecule has 1 amide bonds. The maximum absolute atomic E-state index is 12.1. The zero-order valence-electron chi connectivity index (χ0n) is 15.4. The van der Waals surface area contributed by atoms with Crippen molar-refractivity contribution in [3.05, 3.63) is 65.2 Å². The van der Waals surface area contributed by atoms with Crippen LogP contribution in [0.5, 0.6) is 0 Å². The van der Waals surface area contributed by atoms with Crippen LogP contribution in [0.2, 0.25) is 0 Å². The van der Waals surface area contributed by atoms with Crippen LogP contribution >= 0.6 is 12.2 Å². The molecule has 2 rings (SSSR count). The number of nitrogens with one attached hydrogen (secondary N) is 3. The van der Waals surface area contributed by atoms with Crippen LogP contribution in [0.3, 0.4) is 0 Å². The van der Waals surface area contributed by atoms with Gasteiger partial charge in [0, 0.05) is 17.5 Å². The molecule has 0 atom stereocenters. The van der Waals surface area contributed by atoms with E-state index in [0.717, 1.165) is 5.69 Å². The van der Waals surface area contributed by atoms with Crippen LogP contribution < -0.4 is 16.2 Å². The quantitative estimate of drug-likeness (QED) is 0.524. The van der Waals surface area contributed by atoms with Crippen LogP contribution in [0.1, 0.15) is 41.3 Å². The number of amides is 1. The van der Waals surface area contributed by atoms with Gasteiger partial charge in [-0.3, -0.25) is 15.6 Å². The van der Waals surface area contributed by atoms with Gasteiger partial charge in [0.1, 0.15) is 0 Å². The zero-order valence-corrected chi connectivity index (χ0v) is 17.1. The predicted molar refractivity (Wildman–Crippen MR) is 112 cm³/mol. The third-order valence-corrected chi connectivity index (χ3v) is 4.83. The molecule has 144 valence electrons. The molecule has 0 aliphatic carbocycles. The number of hydrogen-bond donors (Lipinski definition) is 3. The standard InChI is InChI=1S/C19H23N3O3S2/c1-13(2)15-8-10-17(11-9-15)20-19(26)22-21-18(23)16-6-4-14(5-7-16)12-27(3,24)25/h4-11,13H,12H2,1-3H3,(H,21,23)(H2,20,22,26). The molecule has 0 heterocycles. The van der Waals surface area contributed by atoms with Crippen LogP contribution in [0.25, 0.3) is 0 Å². The Hall–Kier alpha value is -2.45. The molecule has 0 aromatic heterocycles. The van der Waals surface area contributed by atoms with E-state index in [1.54, 1.807) is 24.3 Å². The van der Waals surface area contributed by atoms with Crippen molar-refractivity contribution in [2.45, 2.75) is 25.5 Å². The highest BCUT2D eigenvalue weighted by Gasteiger charge is 2.08. The molecule has 0 saturated heterocycles. The van der Waals surface area contributed by atoms with Crippen molar-refractivity contribution in [1.29, 1.82) is 0 Å². The Kier molecular flexibility index (Phi) is 6.92. The van der Waals surface area contributed by atoms with Crippen LogP contribution in [0.4, 0.5) is 5.69 Å². The summed E-state index contributed by atoms with van der Waals surface area (Å²) in [4.78, 5) is 12.1. The minimum Gasteiger partial charge on any atom is -0.331 e. The van der Waals surface area contributed by atoms with E-state index in [9.17, 15) is 13.2 Å². The van der Waals surface area contributed by atoms with Gasteiger partial charge in [-0.2, -0.15) is 0 Å². The second-order valence-electron chi connectivity index (χ2n) is 6.58. The molecule has 0 aliphatic heterocycles. The smallest absolute Gasteiger partial charge is 0.269 e. The Morgan fingerprint density at radius 1 is 1.00 bits per heavy atom. The molecule has 0 unspecified atom stereocenters. The fraction of sp³-hybridized carbons (Fsp3) is 0.263. The summed E-state index contributed by atoms with van der Waals surface area (Å²) in [6.45, 7) is 4.25. The number of benzene rings is 2. The number of thiocarbonyl (C=S) groups is 1. The van der Waals surface area contributed by atoms with Crippen molar-refractivity contribution in [3.8, 4) is 0 Å². The summed E-state index contributed by atoms with van der Waals surface area (Å²) in [7, 11) is -3.11. The monoisotopic (exact) mass is 405 g/mol. The second kappa shape index (κ2) is 8.96. The Morgan fingerprint density at radius 3 is 2.11 bits per heavy atom. The van der Waals surface area contributed by atoms with Crippen molar-refractivity contribution in [2.24, 2.45) is 0 Å². The molecule has 0 saturated carbocycles. The summed E-state index contributed by atoms with van der Waals surface area (Å²) in [5.41, 5.74) is 8.22. The molecule has 0 fully saturated rings. The lowest BCUT2D eigenvalue weighted by Gasteiger charge is -2.13. The molecule has 2 aromatic carbocycles. The lowest BCUT2D eigenvalue weighted by molar-refractivity contribution is 0.0944. The second-order valence-corrected chi connectivity index (χ2v) is 9.13. The first-order chi connectivity index (χ1) is 12.6. The number of anilines is 1. The Morgan fingerprint density at radius 2 is 1.59 bits per heavy atom. The van der Waals surface area contributed by atoms with E-state index < -0.39 is 9.84 Å². The van der Waals surface area contributed by atoms with Gasteiger partial charge in [-0.05, 0) is 53.5 Å². The highest BCUT2D eigenvalue weighted by atomic mass is 32.2. The number of hydrogen-bond acceptors (Lipinski definition) is 4. The number of carbonyl (C=O) groups is 1. The van der Waals surface area contributed by atoms with Gasteiger partial charge in [0.05, 0.1) is 5.75 Å². The van der Waals surface area contributed by atoms with E-state index in [2.05, 4.69) is 30.0 Å². The molecule has 27 heavy (non-hydrogen) atoms. The Bertz CT molecular complexity index is 906. The van der Waals surface area contributed by atoms with Gasteiger partial charge in [0.25, 0.3) is 5.91 Å². The minimum atomic E-state index is -3.11. The molecule has 2 aromatic rings. The van der Waals surface area contributed by atoms with Gasteiger partial charge in [0.15, 0.2) is 14.9 Å². The highest BCUT2D eigenvalue weighted by molar-refractivity contribution is 7.89. The molecule has 3 N–H and O–H groups in total. The van der Waals surface area contributed by atoms with E-state index in [4.69, 9.17) is 12.2 Å². The Balaban J connectivity index is 1.86. The molecular formula is C19H23N3O3S2. The zero-order chi connectivity index (χ0) is 20.0. The topological polar surface area (TPSA) is 87.3 Å². The summed E-state index contributed by atoms with van der Waals surface area (Å²) >= 11 is 5.17. The van der Waals surface area contributed by atoms with Crippen molar-refractivity contribution < 1.29 is 13.2 Å². The number of carbonyl (C=O) groups excluding carboxylic acids is 1. The van der Waals surface area contributed by atoms with E-state index in [-0.39, 0.29) is 16.8 Å². The first-order valence-corrected chi connectivity index (χ1v) is 10.8. The van der Waals surface area contributed by atoms with E-state index in [1.165, 1.54) is 11.8 Å². The van der Waals surface area contributed by atoms with Gasteiger partial charge >= 0.3 is 0 Å². The average Bonchev–Trinajstić information content (AvgIpc) is 2.59. The average molecular weight is 406 g/mol. The van der Waals surface area contributed by atoms with E-state index in [0.29, 0.717) is 17.0 Å². The van der Waals surface area contributed by atoms with E-state index in [1.807, 2.05) is 24.3 Å². The maximum atomic E-state index is 12.1. The summed E-state index contributed by atoms with van der Waals surface area (Å²) in [6.07, 6.45) is 1.17. The van der Waals surface area contributed by atoms with Crippen molar-refractivity contribution >= 4 is 38.8 Å². The summed E-state index contributed by atoms with van der Waals surface area (Å²) in [5, 5.41) is 3.25. The molecule has 8 heteroatoms. The largest absolute Gasteiger partial charge is 0.331 e. The maximum Gasteiger partial charge on any atom is 0.269 e. The first kappa shape index (κ1) is 20.9. The molecule has 0 radical (unpaired) electrons. The van der Waals surface area contributed by atoms with Crippen molar-refractivity contribution in [1.82, 2.24) is 10.9 Å². The van der Waals surface area contributed by atoms with E-state index >= 15 is 0 Å². The van der Waals surface area contributed by atoms with Crippen LogP contribution in [0.15, 0.2) is 48.5 Å². The normalized spacial score (nSPS) is 11.1. The summed E-state index contributed by atoms with van der Waals surface area (Å²) in [5.74, 6) is 0.0176. The van der Waals surface area contributed by atoms with Crippen LogP contribution in [-0.4, -0.2) is 25.7 Å². The molecule has 0 bridgehead atoms. The third kappa shape index (κ3) is 6.99. The minimum absolute atomic E-state index is 0.0588. The molecule has 6 nitrogen and oxygen atoms in total. The number of rotatable bonds is 5. The third-order valence-electron chi connectivity index (χ3n) is 3.77. The molecule has 0 aliphatic rings. The molecular weight excluding hydrogens is 382 g/mol. The summed E-state index contributed by atoms with van der Waals surface area (Å²) in [6, 6.07) is 14.2. The first-order valence-electron chi connectivity index (χ1n) is 8.38. The van der Waals surface area contributed by atoms with Gasteiger partial charge < -0.3 is 5.32 Å². The lowest BCUT2D eigenvalue weighted by Crippen LogP contribution is -2.43. The molecule has 0 spiro atoms.